The van der Waals surface area contributed by atoms with Crippen LogP contribution >= 0.6 is 0 Å². The van der Waals surface area contributed by atoms with Crippen molar-refractivity contribution < 1.29 is 9.53 Å². The van der Waals surface area contributed by atoms with Crippen molar-refractivity contribution in [2.24, 2.45) is 5.92 Å². The van der Waals surface area contributed by atoms with Gasteiger partial charge in [0.1, 0.15) is 6.61 Å². The first-order valence-electron chi connectivity index (χ1n) is 8.02. The van der Waals surface area contributed by atoms with Gasteiger partial charge < -0.3 is 9.64 Å². The summed E-state index contributed by atoms with van der Waals surface area (Å²) in [5.74, 6) is 0.849. The average Bonchev–Trinajstić information content (AvgIpc) is 3.04. The molecule has 0 spiro atoms. The van der Waals surface area contributed by atoms with Gasteiger partial charge in [0.15, 0.2) is 0 Å². The van der Waals surface area contributed by atoms with E-state index in [2.05, 4.69) is 18.1 Å². The molecule has 1 unspecified atom stereocenters. The van der Waals surface area contributed by atoms with E-state index in [1.54, 1.807) is 0 Å². The molecule has 1 amide bonds. The number of amides is 1. The van der Waals surface area contributed by atoms with Crippen LogP contribution in [0.3, 0.4) is 0 Å². The number of nitrogens with zero attached hydrogens (tertiary/aromatic N) is 3. The second-order valence-corrected chi connectivity index (χ2v) is 6.45. The van der Waals surface area contributed by atoms with Gasteiger partial charge in [-0.25, -0.2) is 0 Å². The first-order valence-corrected chi connectivity index (χ1v) is 8.02. The zero-order valence-electron chi connectivity index (χ0n) is 13.0. The molecule has 0 N–H and O–H groups in total. The van der Waals surface area contributed by atoms with Crippen LogP contribution < -0.4 is 0 Å². The molecule has 1 aliphatic carbocycles. The van der Waals surface area contributed by atoms with Gasteiger partial charge in [0.05, 0.1) is 24.9 Å². The minimum absolute atomic E-state index is 0.139. The number of hydrogen-bond donors (Lipinski definition) is 0. The molecule has 1 saturated heterocycles. The van der Waals surface area contributed by atoms with Gasteiger partial charge in [-0.2, -0.15) is 5.10 Å². The summed E-state index contributed by atoms with van der Waals surface area (Å²) >= 11 is 0. The summed E-state index contributed by atoms with van der Waals surface area (Å²) in [5.41, 5.74) is 2.20. The molecule has 1 aromatic rings. The number of ether oxygens (including phenoxy) is 1. The summed E-state index contributed by atoms with van der Waals surface area (Å²) in [6.07, 6.45) is 4.67. The smallest absolute Gasteiger partial charge is 0.248 e. The number of aromatic nitrogens is 2. The molecular formula is C16H25N3O2. The first-order chi connectivity index (χ1) is 10.1. The van der Waals surface area contributed by atoms with Crippen LogP contribution in [0.15, 0.2) is 6.07 Å². The fraction of sp³-hybridized carbons (Fsp3) is 0.750. The fourth-order valence-corrected chi connectivity index (χ4v) is 3.09. The summed E-state index contributed by atoms with van der Waals surface area (Å²) in [5, 5.41) is 4.51. The van der Waals surface area contributed by atoms with Gasteiger partial charge >= 0.3 is 0 Å². The molecule has 0 radical (unpaired) electrons. The second-order valence-electron chi connectivity index (χ2n) is 6.45. The summed E-state index contributed by atoms with van der Waals surface area (Å²) in [7, 11) is 0. The molecule has 1 saturated carbocycles. The van der Waals surface area contributed by atoms with E-state index in [9.17, 15) is 4.79 Å². The first kappa shape index (κ1) is 14.6. The molecule has 2 aliphatic rings. The van der Waals surface area contributed by atoms with Crippen molar-refractivity contribution in [1.29, 1.82) is 0 Å². The van der Waals surface area contributed by atoms with E-state index in [0.717, 1.165) is 43.9 Å². The quantitative estimate of drug-likeness (QED) is 0.804. The molecule has 5 heteroatoms. The topological polar surface area (TPSA) is 47.4 Å². The molecular weight excluding hydrogens is 266 g/mol. The van der Waals surface area contributed by atoms with Gasteiger partial charge in [-0.1, -0.05) is 0 Å². The maximum atomic E-state index is 12.3. The predicted molar refractivity (Wildman–Crippen MR) is 80.0 cm³/mol. The summed E-state index contributed by atoms with van der Waals surface area (Å²) in [4.78, 5) is 14.3. The third-order valence-corrected chi connectivity index (χ3v) is 4.46. The maximum Gasteiger partial charge on any atom is 0.248 e. The monoisotopic (exact) mass is 291 g/mol. The normalized spacial score (nSPS) is 22.0. The Morgan fingerprint density at radius 1 is 1.38 bits per heavy atom. The molecule has 2 fully saturated rings. The molecule has 1 atom stereocenters. The van der Waals surface area contributed by atoms with Crippen LogP contribution in [-0.2, 0) is 16.1 Å². The predicted octanol–water partition coefficient (Wildman–Crippen LogP) is 1.92. The van der Waals surface area contributed by atoms with E-state index in [1.807, 2.05) is 16.5 Å². The molecule has 2 heterocycles. The molecule has 1 aromatic heterocycles. The van der Waals surface area contributed by atoms with Crippen molar-refractivity contribution in [3.05, 3.63) is 17.5 Å². The zero-order valence-corrected chi connectivity index (χ0v) is 13.0. The summed E-state index contributed by atoms with van der Waals surface area (Å²) in [6, 6.07) is 2.35. The van der Waals surface area contributed by atoms with Crippen molar-refractivity contribution in [3.63, 3.8) is 0 Å². The molecule has 3 rings (SSSR count). The largest absolute Gasteiger partial charge is 0.371 e. The highest BCUT2D eigenvalue weighted by Crippen LogP contribution is 2.28. The van der Waals surface area contributed by atoms with Gasteiger partial charge in [0, 0.05) is 12.2 Å². The van der Waals surface area contributed by atoms with Crippen molar-refractivity contribution in [1.82, 2.24) is 14.7 Å². The van der Waals surface area contributed by atoms with Crippen LogP contribution in [-0.4, -0.2) is 46.4 Å². The van der Waals surface area contributed by atoms with E-state index in [4.69, 9.17) is 4.74 Å². The van der Waals surface area contributed by atoms with Gasteiger partial charge in [-0.3, -0.25) is 9.48 Å². The number of hydrogen-bond acceptors (Lipinski definition) is 3. The van der Waals surface area contributed by atoms with Crippen LogP contribution in [0.1, 0.15) is 37.1 Å². The SMILES string of the molecule is Cc1cc(C)n(CC2CCCN2C(=O)COCC2CC2)n1. The highest BCUT2D eigenvalue weighted by Gasteiger charge is 2.30. The van der Waals surface area contributed by atoms with Gasteiger partial charge in [0.2, 0.25) is 5.91 Å². The second kappa shape index (κ2) is 6.18. The maximum absolute atomic E-state index is 12.3. The van der Waals surface area contributed by atoms with Crippen LogP contribution in [0.25, 0.3) is 0 Å². The Morgan fingerprint density at radius 3 is 2.86 bits per heavy atom. The summed E-state index contributed by atoms with van der Waals surface area (Å²) < 4.78 is 7.57. The lowest BCUT2D eigenvalue weighted by Crippen LogP contribution is -2.40. The number of carbonyl (C=O) groups excluding carboxylic acids is 1. The molecule has 116 valence electrons. The Bertz CT molecular complexity index is 508. The lowest BCUT2D eigenvalue weighted by molar-refractivity contribution is -0.137. The minimum Gasteiger partial charge on any atom is -0.371 e. The molecule has 21 heavy (non-hydrogen) atoms. The van der Waals surface area contributed by atoms with Crippen LogP contribution in [0.4, 0.5) is 0 Å². The fourth-order valence-electron chi connectivity index (χ4n) is 3.09. The molecule has 5 nitrogen and oxygen atoms in total. The van der Waals surface area contributed by atoms with Crippen molar-refractivity contribution in [3.8, 4) is 0 Å². The highest BCUT2D eigenvalue weighted by atomic mass is 16.5. The lowest BCUT2D eigenvalue weighted by atomic mass is 10.2. The number of carbonyl (C=O) groups is 1. The van der Waals surface area contributed by atoms with Gasteiger partial charge in [-0.15, -0.1) is 0 Å². The molecule has 0 bridgehead atoms. The van der Waals surface area contributed by atoms with Crippen LogP contribution in [0.5, 0.6) is 0 Å². The third kappa shape index (κ3) is 3.64. The number of aryl methyl sites for hydroxylation is 2. The van der Waals surface area contributed by atoms with E-state index < -0.39 is 0 Å². The van der Waals surface area contributed by atoms with Gasteiger partial charge in [-0.05, 0) is 51.5 Å². The van der Waals surface area contributed by atoms with Crippen molar-refractivity contribution in [2.45, 2.75) is 52.1 Å². The minimum atomic E-state index is 0.139. The summed E-state index contributed by atoms with van der Waals surface area (Å²) in [6.45, 7) is 6.72. The van der Waals surface area contributed by atoms with Crippen molar-refractivity contribution in [2.75, 3.05) is 19.8 Å². The van der Waals surface area contributed by atoms with Crippen LogP contribution in [0, 0.1) is 19.8 Å². The van der Waals surface area contributed by atoms with E-state index >= 15 is 0 Å². The van der Waals surface area contributed by atoms with E-state index in [0.29, 0.717) is 5.92 Å². The zero-order chi connectivity index (χ0) is 14.8. The third-order valence-electron chi connectivity index (χ3n) is 4.46. The van der Waals surface area contributed by atoms with Crippen LogP contribution in [0.2, 0.25) is 0 Å². The standard InChI is InChI=1S/C16H25N3O2/c1-12-8-13(2)19(17-12)9-15-4-3-7-18(15)16(20)11-21-10-14-5-6-14/h8,14-15H,3-7,9-11H2,1-2H3. The van der Waals surface area contributed by atoms with E-state index in [1.165, 1.54) is 12.8 Å². The lowest BCUT2D eigenvalue weighted by Gasteiger charge is -2.25. The average molecular weight is 291 g/mol. The van der Waals surface area contributed by atoms with Crippen molar-refractivity contribution >= 4 is 5.91 Å². The van der Waals surface area contributed by atoms with Gasteiger partial charge in [0.25, 0.3) is 0 Å². The Kier molecular flexibility index (Phi) is 4.29. The Balaban J connectivity index is 1.53. The highest BCUT2D eigenvalue weighted by molar-refractivity contribution is 5.78. The Labute approximate surface area is 126 Å². The molecule has 1 aliphatic heterocycles. The Hall–Kier alpha value is -1.36. The van der Waals surface area contributed by atoms with E-state index in [-0.39, 0.29) is 18.6 Å². The number of likely N-dealkylation sites (tertiary alicyclic amines) is 1. The Morgan fingerprint density at radius 2 is 2.19 bits per heavy atom. The number of rotatable bonds is 6. The molecule has 0 aromatic carbocycles.